The first kappa shape index (κ1) is 15.5. The molecule has 21 heavy (non-hydrogen) atoms. The summed E-state index contributed by atoms with van der Waals surface area (Å²) in [6.07, 6.45) is 0. The van der Waals surface area contributed by atoms with Gasteiger partial charge in [0, 0.05) is 10.0 Å². The average molecular weight is 365 g/mol. The van der Waals surface area contributed by atoms with E-state index in [-0.39, 0.29) is 16.3 Å². The molecule has 0 aliphatic heterocycles. The van der Waals surface area contributed by atoms with E-state index in [0.717, 1.165) is 4.47 Å². The first-order valence-electron chi connectivity index (χ1n) is 6.09. The summed E-state index contributed by atoms with van der Waals surface area (Å²) < 4.78 is 0.807. The van der Waals surface area contributed by atoms with E-state index in [2.05, 4.69) is 21.2 Å². The smallest absolute Gasteiger partial charge is 0.259 e. The highest BCUT2D eigenvalue weighted by molar-refractivity contribution is 9.10. The Morgan fingerprint density at radius 2 is 2.00 bits per heavy atom. The van der Waals surface area contributed by atoms with Gasteiger partial charge in [-0.25, -0.2) is 0 Å². The van der Waals surface area contributed by atoms with Crippen molar-refractivity contribution in [1.29, 1.82) is 0 Å². The maximum Gasteiger partial charge on any atom is 0.259 e. The van der Waals surface area contributed by atoms with Gasteiger partial charge < -0.3 is 16.2 Å². The van der Waals surface area contributed by atoms with Crippen LogP contribution >= 0.6 is 28.1 Å². The minimum atomic E-state index is -0.420. The number of thiocarbonyl (C=S) groups is 1. The Balaban J connectivity index is 2.36. The van der Waals surface area contributed by atoms with Gasteiger partial charge in [-0.3, -0.25) is 4.79 Å². The number of hydrogen-bond donors (Lipinski definition) is 3. The molecule has 1 amide bonds. The van der Waals surface area contributed by atoms with Crippen LogP contribution in [0.15, 0.2) is 40.9 Å². The number of nitrogens with one attached hydrogen (secondary N) is 1. The number of anilines is 1. The highest BCUT2D eigenvalue weighted by atomic mass is 79.9. The zero-order chi connectivity index (χ0) is 15.6. The SMILES string of the molecule is Cc1cccc(C(=O)Nc2ccc(Br)cc2C(N)=S)c1O. The normalized spacial score (nSPS) is 10.2. The Morgan fingerprint density at radius 3 is 2.67 bits per heavy atom. The average Bonchev–Trinajstić information content (AvgIpc) is 2.43. The van der Waals surface area contributed by atoms with Gasteiger partial charge in [-0.05, 0) is 36.8 Å². The van der Waals surface area contributed by atoms with Crippen molar-refractivity contribution in [3.8, 4) is 5.75 Å². The highest BCUT2D eigenvalue weighted by Crippen LogP contribution is 2.25. The summed E-state index contributed by atoms with van der Waals surface area (Å²) >= 11 is 8.31. The number of carbonyl (C=O) groups is 1. The van der Waals surface area contributed by atoms with Gasteiger partial charge in [-0.15, -0.1) is 0 Å². The van der Waals surface area contributed by atoms with Crippen molar-refractivity contribution < 1.29 is 9.90 Å². The first-order valence-corrected chi connectivity index (χ1v) is 7.29. The van der Waals surface area contributed by atoms with Crippen LogP contribution in [0.25, 0.3) is 0 Å². The van der Waals surface area contributed by atoms with E-state index in [1.807, 2.05) is 0 Å². The Hall–Kier alpha value is -1.92. The van der Waals surface area contributed by atoms with Crippen LogP contribution in [0.4, 0.5) is 5.69 Å². The van der Waals surface area contributed by atoms with Gasteiger partial charge in [0.15, 0.2) is 0 Å². The van der Waals surface area contributed by atoms with E-state index in [0.29, 0.717) is 16.8 Å². The van der Waals surface area contributed by atoms with Crippen LogP contribution in [0.1, 0.15) is 21.5 Å². The minimum Gasteiger partial charge on any atom is -0.507 e. The number of carbonyl (C=O) groups excluding carboxylic acids is 1. The Bertz CT molecular complexity index is 732. The van der Waals surface area contributed by atoms with Gasteiger partial charge in [-0.1, -0.05) is 40.3 Å². The van der Waals surface area contributed by atoms with Crippen LogP contribution in [0.3, 0.4) is 0 Å². The Labute approximate surface area is 136 Å². The van der Waals surface area contributed by atoms with Crippen molar-refractivity contribution in [3.05, 3.63) is 57.6 Å². The molecule has 0 aliphatic rings. The number of benzene rings is 2. The summed E-state index contributed by atoms with van der Waals surface area (Å²) in [5, 5.41) is 12.7. The molecular weight excluding hydrogens is 352 g/mol. The standard InChI is InChI=1S/C15H13BrN2O2S/c1-8-3-2-4-10(13(8)19)15(20)18-12-6-5-9(16)7-11(12)14(17)21/h2-7,19H,1H3,(H2,17,21)(H,18,20). The number of phenols is 1. The lowest BCUT2D eigenvalue weighted by atomic mass is 10.1. The molecule has 0 saturated heterocycles. The van der Waals surface area contributed by atoms with Gasteiger partial charge in [0.1, 0.15) is 10.7 Å². The van der Waals surface area contributed by atoms with Crippen LogP contribution in [-0.4, -0.2) is 16.0 Å². The van der Waals surface area contributed by atoms with Crippen molar-refractivity contribution >= 4 is 44.7 Å². The van der Waals surface area contributed by atoms with Crippen LogP contribution < -0.4 is 11.1 Å². The fraction of sp³-hybridized carbons (Fsp3) is 0.0667. The minimum absolute atomic E-state index is 0.0380. The van der Waals surface area contributed by atoms with Crippen molar-refractivity contribution in [3.63, 3.8) is 0 Å². The molecule has 2 rings (SSSR count). The van der Waals surface area contributed by atoms with E-state index in [1.54, 1.807) is 43.3 Å². The molecule has 2 aromatic carbocycles. The van der Waals surface area contributed by atoms with E-state index in [1.165, 1.54) is 0 Å². The fourth-order valence-electron chi connectivity index (χ4n) is 1.86. The first-order chi connectivity index (χ1) is 9.90. The molecule has 0 aromatic heterocycles. The van der Waals surface area contributed by atoms with Crippen molar-refractivity contribution in [1.82, 2.24) is 0 Å². The molecule has 0 saturated carbocycles. The number of aryl methyl sites for hydroxylation is 1. The zero-order valence-corrected chi connectivity index (χ0v) is 13.6. The topological polar surface area (TPSA) is 75.4 Å². The molecule has 4 nitrogen and oxygen atoms in total. The van der Waals surface area contributed by atoms with E-state index >= 15 is 0 Å². The molecule has 4 N–H and O–H groups in total. The molecule has 0 heterocycles. The monoisotopic (exact) mass is 364 g/mol. The molecule has 0 bridgehead atoms. The second-order valence-electron chi connectivity index (χ2n) is 4.48. The molecule has 0 spiro atoms. The number of hydrogen-bond acceptors (Lipinski definition) is 3. The summed E-state index contributed by atoms with van der Waals surface area (Å²) in [7, 11) is 0. The zero-order valence-electron chi connectivity index (χ0n) is 11.2. The molecular formula is C15H13BrN2O2S. The molecule has 6 heteroatoms. The second-order valence-corrected chi connectivity index (χ2v) is 5.83. The summed E-state index contributed by atoms with van der Waals surface area (Å²) in [5.74, 6) is -0.458. The summed E-state index contributed by atoms with van der Waals surface area (Å²) in [6.45, 7) is 1.73. The van der Waals surface area contributed by atoms with Crippen LogP contribution in [0, 0.1) is 6.92 Å². The Kier molecular flexibility index (Phi) is 4.59. The number of aromatic hydroxyl groups is 1. The largest absolute Gasteiger partial charge is 0.507 e. The molecule has 2 aromatic rings. The van der Waals surface area contributed by atoms with Gasteiger partial charge in [0.25, 0.3) is 5.91 Å². The summed E-state index contributed by atoms with van der Waals surface area (Å²) in [5.41, 5.74) is 7.55. The Morgan fingerprint density at radius 1 is 1.29 bits per heavy atom. The van der Waals surface area contributed by atoms with Crippen molar-refractivity contribution in [2.45, 2.75) is 6.92 Å². The lowest BCUT2D eigenvalue weighted by molar-refractivity contribution is 0.102. The molecule has 0 unspecified atom stereocenters. The molecule has 108 valence electrons. The fourth-order valence-corrected chi connectivity index (χ4v) is 2.39. The number of amides is 1. The third kappa shape index (κ3) is 3.40. The second kappa shape index (κ2) is 6.24. The van der Waals surface area contributed by atoms with Gasteiger partial charge in [-0.2, -0.15) is 0 Å². The van der Waals surface area contributed by atoms with Crippen LogP contribution in [-0.2, 0) is 0 Å². The predicted octanol–water partition coefficient (Wildman–Crippen LogP) is 3.35. The molecule has 0 radical (unpaired) electrons. The van der Waals surface area contributed by atoms with Crippen molar-refractivity contribution in [2.24, 2.45) is 5.73 Å². The van der Waals surface area contributed by atoms with Gasteiger partial charge in [0.2, 0.25) is 0 Å². The third-order valence-electron chi connectivity index (χ3n) is 2.98. The van der Waals surface area contributed by atoms with E-state index in [4.69, 9.17) is 18.0 Å². The lowest BCUT2D eigenvalue weighted by Gasteiger charge is -2.12. The van der Waals surface area contributed by atoms with Gasteiger partial charge in [0.05, 0.1) is 11.3 Å². The maximum absolute atomic E-state index is 12.3. The number of halogens is 1. The molecule has 0 fully saturated rings. The third-order valence-corrected chi connectivity index (χ3v) is 3.69. The summed E-state index contributed by atoms with van der Waals surface area (Å²) in [4.78, 5) is 12.5. The van der Waals surface area contributed by atoms with Gasteiger partial charge >= 0.3 is 0 Å². The summed E-state index contributed by atoms with van der Waals surface area (Å²) in [6, 6.07) is 10.2. The molecule has 0 atom stereocenters. The predicted molar refractivity (Wildman–Crippen MR) is 90.8 cm³/mol. The quantitative estimate of drug-likeness (QED) is 0.730. The number of nitrogens with two attached hydrogens (primary N) is 1. The molecule has 0 aliphatic carbocycles. The number of rotatable bonds is 3. The van der Waals surface area contributed by atoms with Crippen LogP contribution in [0.2, 0.25) is 0 Å². The van der Waals surface area contributed by atoms with E-state index < -0.39 is 5.91 Å². The highest BCUT2D eigenvalue weighted by Gasteiger charge is 2.15. The maximum atomic E-state index is 12.3. The van der Waals surface area contributed by atoms with Crippen molar-refractivity contribution in [2.75, 3.05) is 5.32 Å². The van der Waals surface area contributed by atoms with E-state index in [9.17, 15) is 9.90 Å². The number of phenolic OH excluding ortho intramolecular Hbond substituents is 1. The van der Waals surface area contributed by atoms with Crippen LogP contribution in [0.5, 0.6) is 5.75 Å². The lowest BCUT2D eigenvalue weighted by Crippen LogP contribution is -2.18. The number of para-hydroxylation sites is 1.